The first-order chi connectivity index (χ1) is 8.61. The van der Waals surface area contributed by atoms with Crippen molar-refractivity contribution in [2.75, 3.05) is 18.5 Å². The largest absolute Gasteiger partial charge is 0.368 e. The SMILES string of the molecule is CCc1cc(N(C)CC(N)=O)c2ccccc2n1. The number of para-hydroxylation sites is 1. The summed E-state index contributed by atoms with van der Waals surface area (Å²) in [6.45, 7) is 2.27. The highest BCUT2D eigenvalue weighted by molar-refractivity contribution is 5.93. The molecule has 0 radical (unpaired) electrons. The predicted octanol–water partition coefficient (Wildman–Crippen LogP) is 1.72. The molecule has 2 N–H and O–H groups in total. The number of likely N-dealkylation sites (N-methyl/N-ethyl adjacent to an activating group) is 1. The molecule has 1 heterocycles. The van der Waals surface area contributed by atoms with Crippen molar-refractivity contribution < 1.29 is 4.79 Å². The van der Waals surface area contributed by atoms with Crippen LogP contribution in [0.2, 0.25) is 0 Å². The van der Waals surface area contributed by atoms with Crippen molar-refractivity contribution in [3.05, 3.63) is 36.0 Å². The number of carbonyl (C=O) groups excluding carboxylic acids is 1. The van der Waals surface area contributed by atoms with Crippen molar-refractivity contribution in [2.24, 2.45) is 5.73 Å². The van der Waals surface area contributed by atoms with Gasteiger partial charge in [-0.2, -0.15) is 0 Å². The Labute approximate surface area is 106 Å². The second kappa shape index (κ2) is 5.04. The van der Waals surface area contributed by atoms with Crippen LogP contribution >= 0.6 is 0 Å². The molecule has 0 bridgehead atoms. The molecular weight excluding hydrogens is 226 g/mol. The Hall–Kier alpha value is -2.10. The van der Waals surface area contributed by atoms with Gasteiger partial charge in [0.25, 0.3) is 0 Å². The van der Waals surface area contributed by atoms with E-state index < -0.39 is 0 Å². The van der Waals surface area contributed by atoms with Crippen LogP contribution in [0.4, 0.5) is 5.69 Å². The summed E-state index contributed by atoms with van der Waals surface area (Å²) in [5, 5.41) is 1.04. The van der Waals surface area contributed by atoms with Crippen LogP contribution in [0, 0.1) is 0 Å². The predicted molar refractivity (Wildman–Crippen MR) is 73.6 cm³/mol. The lowest BCUT2D eigenvalue weighted by atomic mass is 10.1. The second-order valence-corrected chi connectivity index (χ2v) is 4.33. The molecule has 18 heavy (non-hydrogen) atoms. The molecule has 2 aromatic rings. The number of rotatable bonds is 4. The van der Waals surface area contributed by atoms with Gasteiger partial charge in [-0.1, -0.05) is 25.1 Å². The van der Waals surface area contributed by atoms with Crippen LogP contribution in [0.25, 0.3) is 10.9 Å². The highest BCUT2D eigenvalue weighted by Gasteiger charge is 2.10. The molecule has 2 rings (SSSR count). The van der Waals surface area contributed by atoms with E-state index in [4.69, 9.17) is 5.73 Å². The molecule has 0 atom stereocenters. The zero-order valence-corrected chi connectivity index (χ0v) is 10.7. The van der Waals surface area contributed by atoms with Crippen LogP contribution in [0.5, 0.6) is 0 Å². The number of amides is 1. The molecule has 0 saturated carbocycles. The number of hydrogen-bond donors (Lipinski definition) is 1. The van der Waals surface area contributed by atoms with Gasteiger partial charge in [0.2, 0.25) is 5.91 Å². The summed E-state index contributed by atoms with van der Waals surface area (Å²) in [5.74, 6) is -0.337. The highest BCUT2D eigenvalue weighted by Crippen LogP contribution is 2.25. The van der Waals surface area contributed by atoms with Gasteiger partial charge in [-0.15, -0.1) is 0 Å². The first-order valence-electron chi connectivity index (χ1n) is 6.00. The molecule has 4 nitrogen and oxygen atoms in total. The Kier molecular flexibility index (Phi) is 3.46. The molecule has 4 heteroatoms. The van der Waals surface area contributed by atoms with Crippen LogP contribution in [0.15, 0.2) is 30.3 Å². The van der Waals surface area contributed by atoms with E-state index >= 15 is 0 Å². The summed E-state index contributed by atoms with van der Waals surface area (Å²) in [7, 11) is 1.87. The molecule has 94 valence electrons. The number of benzene rings is 1. The lowest BCUT2D eigenvalue weighted by Gasteiger charge is -2.20. The van der Waals surface area contributed by atoms with E-state index in [-0.39, 0.29) is 12.5 Å². The van der Waals surface area contributed by atoms with Gasteiger partial charge in [0.15, 0.2) is 0 Å². The maximum absolute atomic E-state index is 11.0. The van der Waals surface area contributed by atoms with Crippen molar-refractivity contribution in [1.82, 2.24) is 4.98 Å². The van der Waals surface area contributed by atoms with Gasteiger partial charge in [0.05, 0.1) is 12.1 Å². The number of aryl methyl sites for hydroxylation is 1. The van der Waals surface area contributed by atoms with Crippen molar-refractivity contribution in [3.8, 4) is 0 Å². The third-order valence-electron chi connectivity index (χ3n) is 2.91. The molecule has 0 fully saturated rings. The third kappa shape index (κ3) is 2.42. The molecule has 0 aliphatic heterocycles. The van der Waals surface area contributed by atoms with Gasteiger partial charge < -0.3 is 10.6 Å². The zero-order chi connectivity index (χ0) is 13.1. The van der Waals surface area contributed by atoms with Gasteiger partial charge in [0.1, 0.15) is 0 Å². The van der Waals surface area contributed by atoms with Gasteiger partial charge >= 0.3 is 0 Å². The lowest BCUT2D eigenvalue weighted by Crippen LogP contribution is -2.30. The van der Waals surface area contributed by atoms with Gasteiger partial charge in [-0.3, -0.25) is 9.78 Å². The van der Waals surface area contributed by atoms with E-state index in [0.717, 1.165) is 28.7 Å². The number of anilines is 1. The average molecular weight is 243 g/mol. The minimum atomic E-state index is -0.337. The average Bonchev–Trinajstić information content (AvgIpc) is 2.36. The fourth-order valence-corrected chi connectivity index (χ4v) is 2.03. The van der Waals surface area contributed by atoms with Gasteiger partial charge in [-0.05, 0) is 18.6 Å². The summed E-state index contributed by atoms with van der Waals surface area (Å²) < 4.78 is 0. The number of hydrogen-bond acceptors (Lipinski definition) is 3. The number of carbonyl (C=O) groups is 1. The lowest BCUT2D eigenvalue weighted by molar-refractivity contribution is -0.116. The van der Waals surface area contributed by atoms with E-state index in [9.17, 15) is 4.79 Å². The Morgan fingerprint density at radius 3 is 2.78 bits per heavy atom. The summed E-state index contributed by atoms with van der Waals surface area (Å²) in [5.41, 5.74) is 8.21. The Bertz CT molecular complexity index is 580. The van der Waals surface area contributed by atoms with E-state index in [2.05, 4.69) is 11.9 Å². The minimum Gasteiger partial charge on any atom is -0.368 e. The van der Waals surface area contributed by atoms with Gasteiger partial charge in [-0.25, -0.2) is 0 Å². The fourth-order valence-electron chi connectivity index (χ4n) is 2.03. The maximum atomic E-state index is 11.0. The number of primary amides is 1. The summed E-state index contributed by atoms with van der Waals surface area (Å²) in [6.07, 6.45) is 0.863. The first kappa shape index (κ1) is 12.4. The molecule has 0 aliphatic carbocycles. The maximum Gasteiger partial charge on any atom is 0.236 e. The zero-order valence-electron chi connectivity index (χ0n) is 10.7. The van der Waals surface area contributed by atoms with E-state index in [1.807, 2.05) is 42.3 Å². The number of aromatic nitrogens is 1. The third-order valence-corrected chi connectivity index (χ3v) is 2.91. The van der Waals surface area contributed by atoms with Crippen LogP contribution in [0.3, 0.4) is 0 Å². The smallest absolute Gasteiger partial charge is 0.236 e. The van der Waals surface area contributed by atoms with Crippen molar-refractivity contribution >= 4 is 22.5 Å². The van der Waals surface area contributed by atoms with Crippen molar-refractivity contribution in [1.29, 1.82) is 0 Å². The number of nitrogens with two attached hydrogens (primary N) is 1. The minimum absolute atomic E-state index is 0.206. The van der Waals surface area contributed by atoms with Crippen LogP contribution < -0.4 is 10.6 Å². The van der Waals surface area contributed by atoms with Crippen LogP contribution in [-0.4, -0.2) is 24.5 Å². The van der Waals surface area contributed by atoms with E-state index in [1.165, 1.54) is 0 Å². The van der Waals surface area contributed by atoms with Crippen molar-refractivity contribution in [3.63, 3.8) is 0 Å². The number of fused-ring (bicyclic) bond motifs is 1. The topological polar surface area (TPSA) is 59.2 Å². The second-order valence-electron chi connectivity index (χ2n) is 4.33. The van der Waals surface area contributed by atoms with Crippen LogP contribution in [0.1, 0.15) is 12.6 Å². The molecule has 0 spiro atoms. The Morgan fingerprint density at radius 1 is 1.39 bits per heavy atom. The van der Waals surface area contributed by atoms with Crippen molar-refractivity contribution in [2.45, 2.75) is 13.3 Å². The Morgan fingerprint density at radius 2 is 2.11 bits per heavy atom. The molecule has 1 amide bonds. The first-order valence-corrected chi connectivity index (χ1v) is 6.00. The highest BCUT2D eigenvalue weighted by atomic mass is 16.1. The molecule has 0 aliphatic rings. The van der Waals surface area contributed by atoms with E-state index in [1.54, 1.807) is 0 Å². The number of pyridine rings is 1. The molecule has 1 aromatic carbocycles. The molecule has 1 aromatic heterocycles. The van der Waals surface area contributed by atoms with Gasteiger partial charge in [0, 0.05) is 23.8 Å². The normalized spacial score (nSPS) is 10.6. The standard InChI is InChI=1S/C14H17N3O/c1-3-10-8-13(17(2)9-14(15)18)11-6-4-5-7-12(11)16-10/h4-8H,3,9H2,1-2H3,(H2,15,18). The molecule has 0 saturated heterocycles. The summed E-state index contributed by atoms with van der Waals surface area (Å²) in [4.78, 5) is 17.5. The monoisotopic (exact) mass is 243 g/mol. The molecule has 0 unspecified atom stereocenters. The summed E-state index contributed by atoms with van der Waals surface area (Å²) in [6, 6.07) is 9.94. The quantitative estimate of drug-likeness (QED) is 0.889. The fraction of sp³-hybridized carbons (Fsp3) is 0.286. The van der Waals surface area contributed by atoms with E-state index in [0.29, 0.717) is 0 Å². The van der Waals surface area contributed by atoms with Crippen LogP contribution in [-0.2, 0) is 11.2 Å². The Balaban J connectivity index is 2.56. The molecular formula is C14H17N3O. The number of nitrogens with zero attached hydrogens (tertiary/aromatic N) is 2. The summed E-state index contributed by atoms with van der Waals surface area (Å²) >= 11 is 0.